The van der Waals surface area contributed by atoms with Crippen molar-refractivity contribution in [3.05, 3.63) is 58.1 Å². The number of benzene rings is 2. The summed E-state index contributed by atoms with van der Waals surface area (Å²) in [7, 11) is 0. The van der Waals surface area contributed by atoms with E-state index in [1.807, 2.05) is 18.4 Å². The summed E-state index contributed by atoms with van der Waals surface area (Å²) in [5.41, 5.74) is 5.71. The first-order chi connectivity index (χ1) is 10.0. The highest BCUT2D eigenvalue weighted by Gasteiger charge is 2.23. The second-order valence-electron chi connectivity index (χ2n) is 4.15. The quantitative estimate of drug-likeness (QED) is 0.391. The highest BCUT2D eigenvalue weighted by Crippen LogP contribution is 2.29. The summed E-state index contributed by atoms with van der Waals surface area (Å²) < 4.78 is 0. The van der Waals surface area contributed by atoms with E-state index in [2.05, 4.69) is 5.32 Å². The molecule has 21 heavy (non-hydrogen) atoms. The second kappa shape index (κ2) is 6.27. The van der Waals surface area contributed by atoms with E-state index in [4.69, 9.17) is 5.73 Å². The summed E-state index contributed by atoms with van der Waals surface area (Å²) in [6.45, 7) is 0. The lowest BCUT2D eigenvalue weighted by atomic mass is 10.1. The molecule has 0 bridgehead atoms. The summed E-state index contributed by atoms with van der Waals surface area (Å²) in [5, 5.41) is 13.7. The number of para-hydroxylation sites is 2. The predicted octanol–water partition coefficient (Wildman–Crippen LogP) is 3.15. The molecule has 0 saturated carbocycles. The van der Waals surface area contributed by atoms with Gasteiger partial charge in [0.05, 0.1) is 10.6 Å². The molecular formula is C14H13N3O3S. The average molecular weight is 303 g/mol. The summed E-state index contributed by atoms with van der Waals surface area (Å²) in [6, 6.07) is 11.5. The molecule has 7 heteroatoms. The fourth-order valence-electron chi connectivity index (χ4n) is 1.89. The van der Waals surface area contributed by atoms with Crippen molar-refractivity contribution in [2.45, 2.75) is 4.90 Å². The molecule has 2 rings (SSSR count). The van der Waals surface area contributed by atoms with Crippen LogP contribution >= 0.6 is 11.8 Å². The minimum Gasteiger partial charge on any atom is -0.393 e. The van der Waals surface area contributed by atoms with Gasteiger partial charge in [-0.15, -0.1) is 11.8 Å². The lowest BCUT2D eigenvalue weighted by Gasteiger charge is -2.10. The third-order valence-corrected chi connectivity index (χ3v) is 3.65. The van der Waals surface area contributed by atoms with Crippen LogP contribution in [0.4, 0.5) is 17.1 Å². The van der Waals surface area contributed by atoms with Crippen molar-refractivity contribution in [3.63, 3.8) is 0 Å². The van der Waals surface area contributed by atoms with Crippen LogP contribution in [0, 0.1) is 10.1 Å². The molecule has 0 aliphatic carbocycles. The van der Waals surface area contributed by atoms with E-state index >= 15 is 0 Å². The van der Waals surface area contributed by atoms with Crippen molar-refractivity contribution in [1.82, 2.24) is 0 Å². The van der Waals surface area contributed by atoms with E-state index in [0.717, 1.165) is 4.90 Å². The molecule has 0 heterocycles. The number of nitrogen functional groups attached to an aromatic ring is 1. The van der Waals surface area contributed by atoms with Crippen molar-refractivity contribution in [2.24, 2.45) is 0 Å². The number of nitro groups is 1. The first-order valence-corrected chi connectivity index (χ1v) is 7.24. The molecule has 108 valence electrons. The first-order valence-electron chi connectivity index (χ1n) is 6.02. The maximum Gasteiger partial charge on any atom is 0.304 e. The van der Waals surface area contributed by atoms with Crippen LogP contribution in [0.25, 0.3) is 0 Å². The highest BCUT2D eigenvalue weighted by atomic mass is 32.2. The molecule has 0 unspecified atom stereocenters. The second-order valence-corrected chi connectivity index (χ2v) is 5.00. The summed E-state index contributed by atoms with van der Waals surface area (Å²) >= 11 is 1.47. The van der Waals surface area contributed by atoms with Crippen molar-refractivity contribution in [2.75, 3.05) is 17.3 Å². The molecule has 0 saturated heterocycles. The fraction of sp³-hybridized carbons (Fsp3) is 0.0714. The van der Waals surface area contributed by atoms with Gasteiger partial charge in [0.2, 0.25) is 0 Å². The van der Waals surface area contributed by atoms with E-state index < -0.39 is 10.8 Å². The van der Waals surface area contributed by atoms with Crippen LogP contribution in [0.5, 0.6) is 0 Å². The van der Waals surface area contributed by atoms with Crippen LogP contribution in [-0.2, 0) is 0 Å². The molecular weight excluding hydrogens is 290 g/mol. The minimum absolute atomic E-state index is 0.0363. The number of nitrogens with two attached hydrogens (primary N) is 1. The summed E-state index contributed by atoms with van der Waals surface area (Å²) in [4.78, 5) is 23.6. The van der Waals surface area contributed by atoms with Crippen molar-refractivity contribution >= 4 is 34.7 Å². The van der Waals surface area contributed by atoms with Crippen molar-refractivity contribution < 1.29 is 9.72 Å². The molecule has 0 aliphatic heterocycles. The number of nitro benzene ring substituents is 1. The Labute approximate surface area is 125 Å². The third kappa shape index (κ3) is 3.14. The number of hydrogen-bond acceptors (Lipinski definition) is 5. The van der Waals surface area contributed by atoms with Gasteiger partial charge >= 0.3 is 5.69 Å². The molecule has 0 aliphatic rings. The third-order valence-electron chi connectivity index (χ3n) is 2.85. The maximum atomic E-state index is 12.3. The lowest BCUT2D eigenvalue weighted by Crippen LogP contribution is -2.15. The van der Waals surface area contributed by atoms with Crippen LogP contribution in [-0.4, -0.2) is 17.1 Å². The topological polar surface area (TPSA) is 98.3 Å². The molecule has 0 aromatic heterocycles. The molecule has 0 spiro atoms. The number of carbonyl (C=O) groups excluding carboxylic acids is 1. The van der Waals surface area contributed by atoms with E-state index in [0.29, 0.717) is 5.69 Å². The first kappa shape index (κ1) is 14.9. The van der Waals surface area contributed by atoms with Gasteiger partial charge in [0, 0.05) is 4.90 Å². The van der Waals surface area contributed by atoms with Gasteiger partial charge in [0.15, 0.2) is 0 Å². The van der Waals surface area contributed by atoms with Crippen LogP contribution in [0.15, 0.2) is 47.4 Å². The molecule has 2 aromatic rings. The zero-order chi connectivity index (χ0) is 15.4. The van der Waals surface area contributed by atoms with Gasteiger partial charge < -0.3 is 11.1 Å². The Kier molecular flexibility index (Phi) is 4.44. The summed E-state index contributed by atoms with van der Waals surface area (Å²) in [6.07, 6.45) is 1.88. The van der Waals surface area contributed by atoms with Crippen molar-refractivity contribution in [3.8, 4) is 0 Å². The minimum atomic E-state index is -0.648. The Morgan fingerprint density at radius 2 is 1.95 bits per heavy atom. The molecule has 0 fully saturated rings. The fourth-order valence-corrected chi connectivity index (χ4v) is 2.44. The number of carbonyl (C=O) groups is 1. The van der Waals surface area contributed by atoms with Crippen LogP contribution in [0.2, 0.25) is 0 Å². The van der Waals surface area contributed by atoms with Crippen LogP contribution < -0.4 is 11.1 Å². The molecule has 0 atom stereocenters. The van der Waals surface area contributed by atoms with Gasteiger partial charge in [-0.3, -0.25) is 14.9 Å². The average Bonchev–Trinajstić information content (AvgIpc) is 2.47. The zero-order valence-corrected chi connectivity index (χ0v) is 12.0. The SMILES string of the molecule is CSc1ccccc1NC(=O)c1cccc(N)c1[N+](=O)[O-]. The van der Waals surface area contributed by atoms with E-state index in [1.165, 1.54) is 30.0 Å². The molecule has 3 N–H and O–H groups in total. The van der Waals surface area contributed by atoms with Crippen LogP contribution in [0.3, 0.4) is 0 Å². The number of nitrogens with one attached hydrogen (secondary N) is 1. The zero-order valence-electron chi connectivity index (χ0n) is 11.2. The lowest BCUT2D eigenvalue weighted by molar-refractivity contribution is -0.384. The summed E-state index contributed by atoms with van der Waals surface area (Å²) in [5.74, 6) is -0.560. The van der Waals surface area contributed by atoms with E-state index in [-0.39, 0.29) is 16.9 Å². The van der Waals surface area contributed by atoms with Gasteiger partial charge in [-0.2, -0.15) is 0 Å². The highest BCUT2D eigenvalue weighted by molar-refractivity contribution is 7.98. The van der Waals surface area contributed by atoms with Gasteiger partial charge in [-0.1, -0.05) is 18.2 Å². The van der Waals surface area contributed by atoms with E-state index in [9.17, 15) is 14.9 Å². The standard InChI is InChI=1S/C14H13N3O3S/c1-21-12-8-3-2-7-11(12)16-14(18)9-5-4-6-10(15)13(9)17(19)20/h2-8H,15H2,1H3,(H,16,18). The number of thioether (sulfide) groups is 1. The molecule has 0 radical (unpaired) electrons. The number of rotatable bonds is 4. The number of anilines is 2. The van der Waals surface area contributed by atoms with Gasteiger partial charge in [-0.25, -0.2) is 0 Å². The van der Waals surface area contributed by atoms with Crippen LogP contribution in [0.1, 0.15) is 10.4 Å². The Balaban J connectivity index is 2.38. The van der Waals surface area contributed by atoms with Gasteiger partial charge in [0.1, 0.15) is 11.3 Å². The maximum absolute atomic E-state index is 12.3. The van der Waals surface area contributed by atoms with Gasteiger partial charge in [0.25, 0.3) is 5.91 Å². The Bertz CT molecular complexity index is 704. The Morgan fingerprint density at radius 1 is 1.24 bits per heavy atom. The number of nitrogens with zero attached hydrogens (tertiary/aromatic N) is 1. The smallest absolute Gasteiger partial charge is 0.304 e. The van der Waals surface area contributed by atoms with Gasteiger partial charge in [-0.05, 0) is 30.5 Å². The predicted molar refractivity (Wildman–Crippen MR) is 83.7 cm³/mol. The number of amides is 1. The molecule has 2 aromatic carbocycles. The number of hydrogen-bond donors (Lipinski definition) is 2. The van der Waals surface area contributed by atoms with Crippen molar-refractivity contribution in [1.29, 1.82) is 0 Å². The monoisotopic (exact) mass is 303 g/mol. The molecule has 1 amide bonds. The normalized spacial score (nSPS) is 10.1. The Hall–Kier alpha value is -2.54. The van der Waals surface area contributed by atoms with E-state index in [1.54, 1.807) is 12.1 Å². The largest absolute Gasteiger partial charge is 0.393 e. The molecule has 6 nitrogen and oxygen atoms in total. The Morgan fingerprint density at radius 3 is 2.62 bits per heavy atom.